The summed E-state index contributed by atoms with van der Waals surface area (Å²) >= 11 is 0. The van der Waals surface area contributed by atoms with Crippen LogP contribution in [0.1, 0.15) is 31.7 Å². The smallest absolute Gasteiger partial charge is 0.409 e. The summed E-state index contributed by atoms with van der Waals surface area (Å²) in [5, 5.41) is 9.66. The Morgan fingerprint density at radius 2 is 1.86 bits per heavy atom. The molecule has 158 valence electrons. The van der Waals surface area contributed by atoms with Crippen LogP contribution in [0.2, 0.25) is 0 Å². The minimum atomic E-state index is -0.428. The van der Waals surface area contributed by atoms with Crippen molar-refractivity contribution in [3.05, 3.63) is 29.8 Å². The van der Waals surface area contributed by atoms with Gasteiger partial charge >= 0.3 is 6.09 Å². The number of amides is 1. The van der Waals surface area contributed by atoms with Crippen LogP contribution in [0.15, 0.2) is 24.3 Å². The molecule has 0 aromatic heterocycles. The lowest BCUT2D eigenvalue weighted by atomic mass is 9.75. The maximum absolute atomic E-state index is 11.7. The van der Waals surface area contributed by atoms with Crippen molar-refractivity contribution < 1.29 is 19.0 Å². The molecule has 0 N–H and O–H groups in total. The summed E-state index contributed by atoms with van der Waals surface area (Å²) in [5.41, 5.74) is 0.623. The van der Waals surface area contributed by atoms with Gasteiger partial charge in [-0.15, -0.1) is 0 Å². The van der Waals surface area contributed by atoms with Gasteiger partial charge in [-0.25, -0.2) is 4.79 Å². The van der Waals surface area contributed by atoms with Crippen molar-refractivity contribution in [3.8, 4) is 11.8 Å². The first kappa shape index (κ1) is 21.4. The maximum atomic E-state index is 11.7. The molecular formula is C22H31N3O4. The van der Waals surface area contributed by atoms with Gasteiger partial charge in [-0.1, -0.05) is 12.1 Å². The van der Waals surface area contributed by atoms with E-state index >= 15 is 0 Å². The zero-order valence-corrected chi connectivity index (χ0v) is 17.3. The Kier molecular flexibility index (Phi) is 7.73. The number of rotatable bonds is 7. The van der Waals surface area contributed by atoms with Crippen LogP contribution in [0.4, 0.5) is 4.79 Å². The van der Waals surface area contributed by atoms with Crippen LogP contribution in [-0.2, 0) is 14.9 Å². The SMILES string of the molecule is CCOC(=O)N1CCN(CCCOc2ccc(C3(C#N)CCOCC3)cc2)CC1. The molecule has 0 unspecified atom stereocenters. The van der Waals surface area contributed by atoms with Crippen LogP contribution >= 0.6 is 0 Å². The van der Waals surface area contributed by atoms with Gasteiger partial charge in [0.05, 0.1) is 24.7 Å². The monoisotopic (exact) mass is 401 g/mol. The number of carbonyl (C=O) groups excluding carboxylic acids is 1. The quantitative estimate of drug-likeness (QED) is 0.654. The molecule has 0 radical (unpaired) electrons. The molecule has 3 rings (SSSR count). The first-order valence-electron chi connectivity index (χ1n) is 10.5. The van der Waals surface area contributed by atoms with E-state index in [1.807, 2.05) is 31.2 Å². The first-order valence-corrected chi connectivity index (χ1v) is 10.5. The highest BCUT2D eigenvalue weighted by Crippen LogP contribution is 2.34. The predicted molar refractivity (Wildman–Crippen MR) is 109 cm³/mol. The highest BCUT2D eigenvalue weighted by Gasteiger charge is 2.34. The molecule has 2 aliphatic heterocycles. The molecule has 0 saturated carbocycles. The van der Waals surface area contributed by atoms with Gasteiger partial charge in [0.15, 0.2) is 0 Å². The van der Waals surface area contributed by atoms with Crippen LogP contribution in [0.25, 0.3) is 0 Å². The van der Waals surface area contributed by atoms with E-state index in [0.717, 1.165) is 50.2 Å². The van der Waals surface area contributed by atoms with Gasteiger partial charge in [-0.05, 0) is 43.9 Å². The van der Waals surface area contributed by atoms with Gasteiger partial charge in [-0.2, -0.15) is 5.26 Å². The van der Waals surface area contributed by atoms with Crippen molar-refractivity contribution in [1.29, 1.82) is 5.26 Å². The van der Waals surface area contributed by atoms with Crippen molar-refractivity contribution in [2.45, 2.75) is 31.6 Å². The highest BCUT2D eigenvalue weighted by atomic mass is 16.6. The van der Waals surface area contributed by atoms with E-state index in [1.165, 1.54) is 0 Å². The zero-order chi connectivity index (χ0) is 20.5. The molecule has 7 nitrogen and oxygen atoms in total. The Morgan fingerprint density at radius 1 is 1.17 bits per heavy atom. The third-order valence-corrected chi connectivity index (χ3v) is 5.75. The molecule has 7 heteroatoms. The average Bonchev–Trinajstić information content (AvgIpc) is 2.78. The second-order valence-electron chi connectivity index (χ2n) is 7.56. The van der Waals surface area contributed by atoms with Crippen molar-refractivity contribution in [3.63, 3.8) is 0 Å². The largest absolute Gasteiger partial charge is 0.494 e. The van der Waals surface area contributed by atoms with Crippen molar-refractivity contribution >= 4 is 6.09 Å². The number of benzene rings is 1. The van der Waals surface area contributed by atoms with E-state index < -0.39 is 5.41 Å². The fourth-order valence-electron chi connectivity index (χ4n) is 3.90. The minimum Gasteiger partial charge on any atom is -0.494 e. The van der Waals surface area contributed by atoms with E-state index in [2.05, 4.69) is 11.0 Å². The number of ether oxygens (including phenoxy) is 3. The summed E-state index contributed by atoms with van der Waals surface area (Å²) < 4.78 is 16.3. The summed E-state index contributed by atoms with van der Waals surface area (Å²) in [4.78, 5) is 15.8. The normalized spacial score (nSPS) is 19.4. The van der Waals surface area contributed by atoms with E-state index in [-0.39, 0.29) is 6.09 Å². The van der Waals surface area contributed by atoms with E-state index in [0.29, 0.717) is 39.5 Å². The fourth-order valence-corrected chi connectivity index (χ4v) is 3.90. The molecule has 1 aromatic rings. The molecule has 0 bridgehead atoms. The van der Waals surface area contributed by atoms with Crippen LogP contribution in [0.5, 0.6) is 5.75 Å². The number of hydrogen-bond acceptors (Lipinski definition) is 6. The summed E-state index contributed by atoms with van der Waals surface area (Å²) in [5.74, 6) is 0.834. The van der Waals surface area contributed by atoms with Gasteiger partial charge < -0.3 is 19.1 Å². The lowest BCUT2D eigenvalue weighted by Gasteiger charge is -2.33. The van der Waals surface area contributed by atoms with Crippen LogP contribution < -0.4 is 4.74 Å². The number of nitriles is 1. The number of piperazine rings is 1. The Balaban J connectivity index is 1.37. The van der Waals surface area contributed by atoms with Gasteiger partial charge in [0, 0.05) is 45.9 Å². The maximum Gasteiger partial charge on any atom is 0.409 e. The lowest BCUT2D eigenvalue weighted by molar-refractivity contribution is 0.0675. The van der Waals surface area contributed by atoms with Gasteiger partial charge in [0.2, 0.25) is 0 Å². The third-order valence-electron chi connectivity index (χ3n) is 5.75. The van der Waals surface area contributed by atoms with Gasteiger partial charge in [0.25, 0.3) is 0 Å². The van der Waals surface area contributed by atoms with E-state index in [1.54, 1.807) is 4.90 Å². The number of nitrogens with zero attached hydrogens (tertiary/aromatic N) is 3. The Morgan fingerprint density at radius 3 is 2.48 bits per heavy atom. The third kappa shape index (κ3) is 5.62. The van der Waals surface area contributed by atoms with Crippen molar-refractivity contribution in [2.75, 3.05) is 59.2 Å². The second-order valence-corrected chi connectivity index (χ2v) is 7.56. The van der Waals surface area contributed by atoms with Crippen LogP contribution in [0, 0.1) is 11.3 Å². The fraction of sp³-hybridized carbons (Fsp3) is 0.636. The molecule has 1 amide bonds. The molecule has 2 fully saturated rings. The Labute approximate surface area is 173 Å². The highest BCUT2D eigenvalue weighted by molar-refractivity contribution is 5.67. The minimum absolute atomic E-state index is 0.210. The molecule has 2 heterocycles. The molecule has 2 saturated heterocycles. The predicted octanol–water partition coefficient (Wildman–Crippen LogP) is 2.80. The molecule has 2 aliphatic rings. The van der Waals surface area contributed by atoms with Crippen LogP contribution in [0.3, 0.4) is 0 Å². The first-order chi connectivity index (χ1) is 14.2. The van der Waals surface area contributed by atoms with Crippen molar-refractivity contribution in [2.24, 2.45) is 0 Å². The Hall–Kier alpha value is -2.30. The molecule has 1 aromatic carbocycles. The summed E-state index contributed by atoms with van der Waals surface area (Å²) in [7, 11) is 0. The van der Waals surface area contributed by atoms with E-state index in [4.69, 9.17) is 14.2 Å². The summed E-state index contributed by atoms with van der Waals surface area (Å²) in [6, 6.07) is 10.4. The zero-order valence-electron chi connectivity index (χ0n) is 17.3. The molecular weight excluding hydrogens is 370 g/mol. The molecule has 0 atom stereocenters. The second kappa shape index (κ2) is 10.5. The Bertz CT molecular complexity index is 687. The van der Waals surface area contributed by atoms with Crippen LogP contribution in [-0.4, -0.2) is 75.0 Å². The van der Waals surface area contributed by atoms with Gasteiger partial charge in [0.1, 0.15) is 5.75 Å². The molecule has 0 spiro atoms. The van der Waals surface area contributed by atoms with E-state index in [9.17, 15) is 10.1 Å². The molecule has 0 aliphatic carbocycles. The number of carbonyl (C=O) groups is 1. The summed E-state index contributed by atoms with van der Waals surface area (Å²) in [6.07, 6.45) is 2.21. The summed E-state index contributed by atoms with van der Waals surface area (Å²) in [6.45, 7) is 8.29. The van der Waals surface area contributed by atoms with Crippen molar-refractivity contribution in [1.82, 2.24) is 9.80 Å². The lowest BCUT2D eigenvalue weighted by Crippen LogP contribution is -2.49. The topological polar surface area (TPSA) is 75.0 Å². The van der Waals surface area contributed by atoms with Gasteiger partial charge in [-0.3, -0.25) is 4.90 Å². The number of hydrogen-bond donors (Lipinski definition) is 0. The standard InChI is InChI=1S/C22H31N3O4/c1-2-28-21(26)25-13-11-24(12-14-25)10-3-15-29-20-6-4-19(5-7-20)22(18-23)8-16-27-17-9-22/h4-7H,2-3,8-17H2,1H3. The molecule has 29 heavy (non-hydrogen) atoms. The average molecular weight is 402 g/mol.